The van der Waals surface area contributed by atoms with Crippen molar-refractivity contribution in [2.24, 2.45) is 0 Å². The van der Waals surface area contributed by atoms with Gasteiger partial charge in [0.15, 0.2) is 11.9 Å². The molecule has 168 valence electrons. The molecular formula is C20H16Cl2N2O8. The maximum absolute atomic E-state index is 12.7. The number of imide groups is 1. The molecule has 0 saturated carbocycles. The van der Waals surface area contributed by atoms with E-state index >= 15 is 0 Å². The van der Waals surface area contributed by atoms with Crippen molar-refractivity contribution in [2.75, 3.05) is 7.11 Å². The molecular weight excluding hydrogens is 467 g/mol. The zero-order valence-corrected chi connectivity index (χ0v) is 18.2. The van der Waals surface area contributed by atoms with E-state index in [1.54, 1.807) is 0 Å². The molecule has 0 aliphatic carbocycles. The number of aliphatic carboxylic acids is 1. The third kappa shape index (κ3) is 4.87. The standard InChI is InChI=1S/C20H16Cl2N2O8/c1-9(18(26)27)31-16-12(21)5-10(6-13(16)22)7-14-17(25)24(20(29)23-14)8-11-3-4-15(32-11)19(28)30-2/h3-7,9H,8H2,1-2H3,(H,23,29)(H,26,27). The molecule has 2 heterocycles. The number of urea groups is 1. The number of esters is 1. The van der Waals surface area contributed by atoms with Gasteiger partial charge in [-0.15, -0.1) is 0 Å². The van der Waals surface area contributed by atoms with Crippen molar-refractivity contribution >= 4 is 53.2 Å². The fourth-order valence-corrected chi connectivity index (χ4v) is 3.31. The molecule has 3 rings (SSSR count). The third-order valence-electron chi connectivity index (χ3n) is 4.30. The predicted molar refractivity (Wildman–Crippen MR) is 111 cm³/mol. The molecule has 0 spiro atoms. The summed E-state index contributed by atoms with van der Waals surface area (Å²) >= 11 is 12.3. The van der Waals surface area contributed by atoms with Crippen LogP contribution in [-0.4, -0.2) is 47.1 Å². The minimum Gasteiger partial charge on any atom is -0.479 e. The number of carboxylic acids is 1. The Bertz CT molecular complexity index is 1120. The smallest absolute Gasteiger partial charge is 0.373 e. The summed E-state index contributed by atoms with van der Waals surface area (Å²) in [5, 5.41) is 11.4. The monoisotopic (exact) mass is 482 g/mol. The van der Waals surface area contributed by atoms with Gasteiger partial charge in [-0.1, -0.05) is 23.2 Å². The van der Waals surface area contributed by atoms with Gasteiger partial charge in [0.25, 0.3) is 5.91 Å². The molecule has 1 aliphatic rings. The van der Waals surface area contributed by atoms with Crippen molar-refractivity contribution in [1.29, 1.82) is 0 Å². The number of methoxy groups -OCH3 is 1. The molecule has 1 unspecified atom stereocenters. The number of furan rings is 1. The zero-order chi connectivity index (χ0) is 23.6. The van der Waals surface area contributed by atoms with Crippen LogP contribution in [-0.2, 0) is 20.9 Å². The van der Waals surface area contributed by atoms with Crippen LogP contribution in [0.25, 0.3) is 6.08 Å². The van der Waals surface area contributed by atoms with E-state index in [9.17, 15) is 19.2 Å². The van der Waals surface area contributed by atoms with Crippen LogP contribution < -0.4 is 10.1 Å². The molecule has 1 saturated heterocycles. The molecule has 1 atom stereocenters. The lowest BCUT2D eigenvalue weighted by molar-refractivity contribution is -0.144. The van der Waals surface area contributed by atoms with Crippen LogP contribution in [0, 0.1) is 0 Å². The molecule has 1 fully saturated rings. The minimum atomic E-state index is -1.20. The molecule has 12 heteroatoms. The van der Waals surface area contributed by atoms with Crippen molar-refractivity contribution in [3.63, 3.8) is 0 Å². The average Bonchev–Trinajstić information content (AvgIpc) is 3.30. The molecule has 1 aromatic carbocycles. The molecule has 1 aliphatic heterocycles. The van der Waals surface area contributed by atoms with E-state index in [-0.39, 0.29) is 39.6 Å². The largest absolute Gasteiger partial charge is 0.479 e. The van der Waals surface area contributed by atoms with Crippen LogP contribution in [0.2, 0.25) is 10.0 Å². The van der Waals surface area contributed by atoms with Gasteiger partial charge in [0.2, 0.25) is 5.76 Å². The Morgan fingerprint density at radius 3 is 2.50 bits per heavy atom. The Labute approximate surface area is 191 Å². The summed E-state index contributed by atoms with van der Waals surface area (Å²) in [5.41, 5.74) is 0.321. The first-order valence-corrected chi connectivity index (χ1v) is 9.76. The zero-order valence-electron chi connectivity index (χ0n) is 16.7. The summed E-state index contributed by atoms with van der Waals surface area (Å²) < 4.78 is 15.1. The number of nitrogens with zero attached hydrogens (tertiary/aromatic N) is 1. The third-order valence-corrected chi connectivity index (χ3v) is 4.86. The topological polar surface area (TPSA) is 135 Å². The number of nitrogens with one attached hydrogen (secondary N) is 1. The number of benzene rings is 1. The quantitative estimate of drug-likeness (QED) is 0.348. The Morgan fingerprint density at radius 2 is 1.91 bits per heavy atom. The highest BCUT2D eigenvalue weighted by Gasteiger charge is 2.34. The summed E-state index contributed by atoms with van der Waals surface area (Å²) in [7, 11) is 1.20. The van der Waals surface area contributed by atoms with Crippen molar-refractivity contribution in [2.45, 2.75) is 19.6 Å². The van der Waals surface area contributed by atoms with E-state index < -0.39 is 30.0 Å². The predicted octanol–water partition coefficient (Wildman–Crippen LogP) is 3.32. The molecule has 2 N–H and O–H groups in total. The number of rotatable bonds is 7. The second kappa shape index (κ2) is 9.33. The molecule has 0 bridgehead atoms. The number of carbonyl (C=O) groups excluding carboxylic acids is 3. The van der Waals surface area contributed by atoms with Crippen LogP contribution >= 0.6 is 23.2 Å². The summed E-state index contributed by atoms with van der Waals surface area (Å²) in [6.07, 6.45) is 0.171. The number of hydrogen-bond acceptors (Lipinski definition) is 7. The lowest BCUT2D eigenvalue weighted by Crippen LogP contribution is -2.30. The molecule has 32 heavy (non-hydrogen) atoms. The second-order valence-corrected chi connectivity index (χ2v) is 7.36. The van der Waals surface area contributed by atoms with E-state index in [1.165, 1.54) is 44.4 Å². The number of carbonyl (C=O) groups is 4. The van der Waals surface area contributed by atoms with E-state index in [0.717, 1.165) is 4.90 Å². The van der Waals surface area contributed by atoms with Gasteiger partial charge in [-0.05, 0) is 42.8 Å². The molecule has 2 aromatic rings. The lowest BCUT2D eigenvalue weighted by Gasteiger charge is -2.14. The van der Waals surface area contributed by atoms with Crippen LogP contribution in [0.4, 0.5) is 4.79 Å². The van der Waals surface area contributed by atoms with Gasteiger partial charge < -0.3 is 24.3 Å². The van der Waals surface area contributed by atoms with Crippen LogP contribution in [0.5, 0.6) is 5.75 Å². The maximum atomic E-state index is 12.7. The molecule has 0 radical (unpaired) electrons. The average molecular weight is 483 g/mol. The Kier molecular flexibility index (Phi) is 6.75. The summed E-state index contributed by atoms with van der Waals surface area (Å²) in [4.78, 5) is 48.2. The Hall–Kier alpha value is -3.50. The second-order valence-electron chi connectivity index (χ2n) is 6.55. The normalized spacial score (nSPS) is 15.6. The summed E-state index contributed by atoms with van der Waals surface area (Å²) in [6, 6.07) is 4.94. The highest BCUT2D eigenvalue weighted by atomic mass is 35.5. The van der Waals surface area contributed by atoms with Crippen LogP contribution in [0.1, 0.15) is 28.8 Å². The van der Waals surface area contributed by atoms with E-state index in [4.69, 9.17) is 37.5 Å². The van der Waals surface area contributed by atoms with E-state index in [1.807, 2.05) is 0 Å². The molecule has 3 amide bonds. The fraction of sp³-hybridized carbons (Fsp3) is 0.200. The van der Waals surface area contributed by atoms with Crippen LogP contribution in [0.15, 0.2) is 34.4 Å². The van der Waals surface area contributed by atoms with Gasteiger partial charge in [0.05, 0.1) is 23.7 Å². The first kappa shape index (κ1) is 23.2. The number of carboxylic acid groups (broad SMARTS) is 1. The van der Waals surface area contributed by atoms with E-state index in [0.29, 0.717) is 5.56 Å². The van der Waals surface area contributed by atoms with Gasteiger partial charge in [-0.2, -0.15) is 0 Å². The van der Waals surface area contributed by atoms with Gasteiger partial charge in [0.1, 0.15) is 11.5 Å². The van der Waals surface area contributed by atoms with Gasteiger partial charge in [-0.3, -0.25) is 9.69 Å². The highest BCUT2D eigenvalue weighted by Crippen LogP contribution is 2.35. The highest BCUT2D eigenvalue weighted by molar-refractivity contribution is 6.37. The molecule has 10 nitrogen and oxygen atoms in total. The first-order chi connectivity index (χ1) is 15.1. The number of halogens is 2. The maximum Gasteiger partial charge on any atom is 0.373 e. The van der Waals surface area contributed by atoms with Crippen molar-refractivity contribution in [3.8, 4) is 5.75 Å². The summed E-state index contributed by atoms with van der Waals surface area (Å²) in [5.74, 6) is -2.40. The van der Waals surface area contributed by atoms with E-state index in [2.05, 4.69) is 10.1 Å². The Morgan fingerprint density at radius 1 is 1.25 bits per heavy atom. The van der Waals surface area contributed by atoms with Gasteiger partial charge in [-0.25, -0.2) is 14.4 Å². The Balaban J connectivity index is 1.79. The number of hydrogen-bond donors (Lipinski definition) is 2. The lowest BCUT2D eigenvalue weighted by atomic mass is 10.1. The SMILES string of the molecule is COC(=O)c1ccc(CN2C(=O)NC(=Cc3cc(Cl)c(OC(C)C(=O)O)c(Cl)c3)C2=O)o1. The van der Waals surface area contributed by atoms with Gasteiger partial charge in [0, 0.05) is 0 Å². The van der Waals surface area contributed by atoms with Crippen LogP contribution in [0.3, 0.4) is 0 Å². The van der Waals surface area contributed by atoms with Crippen molar-refractivity contribution in [1.82, 2.24) is 10.2 Å². The summed E-state index contributed by atoms with van der Waals surface area (Å²) in [6.45, 7) is 1.11. The van der Waals surface area contributed by atoms with Crippen molar-refractivity contribution in [3.05, 3.63) is 57.1 Å². The van der Waals surface area contributed by atoms with Crippen molar-refractivity contribution < 1.29 is 38.2 Å². The molecule has 1 aromatic heterocycles. The number of amides is 3. The fourth-order valence-electron chi connectivity index (χ4n) is 2.71. The van der Waals surface area contributed by atoms with Gasteiger partial charge >= 0.3 is 18.0 Å². The first-order valence-electron chi connectivity index (χ1n) is 9.00. The minimum absolute atomic E-state index is 0.0203. The number of ether oxygens (including phenoxy) is 2.